The monoisotopic (exact) mass is 307 g/mol. The van der Waals surface area contributed by atoms with Gasteiger partial charge in [-0.3, -0.25) is 0 Å². The molecule has 0 aliphatic carbocycles. The molecule has 0 spiro atoms. The Bertz CT molecular complexity index is 581. The number of nitrogens with one attached hydrogen (secondary N) is 1. The first-order valence-corrected chi connectivity index (χ1v) is 7.67. The van der Waals surface area contributed by atoms with Crippen LogP contribution in [0.25, 0.3) is 11.1 Å². The molecule has 1 nitrogen and oxygen atoms in total. The smallest absolute Gasteiger partial charge is 0.0670 e. The number of benzene rings is 2. The van der Waals surface area contributed by atoms with Crippen LogP contribution in [0, 0.1) is 0 Å². The summed E-state index contributed by atoms with van der Waals surface area (Å²) in [5, 5.41) is 4.72. The molecule has 1 N–H and O–H groups in total. The normalized spacial score (nSPS) is 12.4. The van der Waals surface area contributed by atoms with E-state index in [1.54, 1.807) is 0 Å². The molecule has 0 amide bonds. The van der Waals surface area contributed by atoms with Crippen LogP contribution in [0.5, 0.6) is 0 Å². The van der Waals surface area contributed by atoms with Crippen LogP contribution < -0.4 is 5.32 Å². The highest BCUT2D eigenvalue weighted by Gasteiger charge is 2.14. The number of hydrogen-bond acceptors (Lipinski definition) is 1. The average Bonchev–Trinajstić information content (AvgIpc) is 2.47. The molecule has 1 atom stereocenters. The van der Waals surface area contributed by atoms with Gasteiger partial charge in [-0.05, 0) is 37.1 Å². The van der Waals surface area contributed by atoms with Crippen molar-refractivity contribution >= 4 is 23.2 Å². The number of rotatable bonds is 5. The summed E-state index contributed by atoms with van der Waals surface area (Å²) in [7, 11) is 0. The van der Waals surface area contributed by atoms with E-state index in [0.29, 0.717) is 10.0 Å². The van der Waals surface area contributed by atoms with Crippen LogP contribution in [-0.2, 0) is 0 Å². The van der Waals surface area contributed by atoms with Crippen molar-refractivity contribution in [3.05, 3.63) is 58.1 Å². The molecule has 3 heteroatoms. The lowest BCUT2D eigenvalue weighted by Gasteiger charge is -2.18. The summed E-state index contributed by atoms with van der Waals surface area (Å²) in [4.78, 5) is 0. The third-order valence-electron chi connectivity index (χ3n) is 3.37. The molecule has 0 aliphatic rings. The van der Waals surface area contributed by atoms with Crippen LogP contribution in [-0.4, -0.2) is 6.54 Å². The molecule has 2 aromatic carbocycles. The first-order chi connectivity index (χ1) is 9.65. The highest BCUT2D eigenvalue weighted by molar-refractivity contribution is 6.43. The summed E-state index contributed by atoms with van der Waals surface area (Å²) in [6, 6.07) is 14.4. The van der Waals surface area contributed by atoms with Crippen LogP contribution in [0.2, 0.25) is 10.0 Å². The zero-order valence-corrected chi connectivity index (χ0v) is 13.3. The largest absolute Gasteiger partial charge is 0.310 e. The Labute approximate surface area is 130 Å². The lowest BCUT2D eigenvalue weighted by Crippen LogP contribution is -2.19. The predicted octanol–water partition coefficient (Wildman–Crippen LogP) is 5.72. The van der Waals surface area contributed by atoms with Crippen LogP contribution in [0.4, 0.5) is 0 Å². The topological polar surface area (TPSA) is 12.0 Å². The molecular formula is C17H19Cl2N. The molecule has 2 rings (SSSR count). The lowest BCUT2D eigenvalue weighted by molar-refractivity contribution is 0.572. The zero-order valence-electron chi connectivity index (χ0n) is 11.8. The number of halogens is 2. The molecule has 2 aromatic rings. The molecule has 0 heterocycles. The van der Waals surface area contributed by atoms with Crippen molar-refractivity contribution in [3.8, 4) is 11.1 Å². The van der Waals surface area contributed by atoms with Gasteiger partial charge < -0.3 is 5.32 Å². The molecule has 106 valence electrons. The van der Waals surface area contributed by atoms with Crippen molar-refractivity contribution in [1.29, 1.82) is 0 Å². The Morgan fingerprint density at radius 3 is 2.45 bits per heavy atom. The van der Waals surface area contributed by atoms with E-state index >= 15 is 0 Å². The van der Waals surface area contributed by atoms with Gasteiger partial charge in [0.1, 0.15) is 0 Å². The quantitative estimate of drug-likeness (QED) is 0.744. The van der Waals surface area contributed by atoms with Crippen molar-refractivity contribution in [2.24, 2.45) is 0 Å². The van der Waals surface area contributed by atoms with Gasteiger partial charge in [0.25, 0.3) is 0 Å². The molecule has 0 radical (unpaired) electrons. The van der Waals surface area contributed by atoms with Crippen molar-refractivity contribution in [1.82, 2.24) is 5.32 Å². The Hall–Kier alpha value is -1.02. The molecule has 20 heavy (non-hydrogen) atoms. The Morgan fingerprint density at radius 2 is 1.70 bits per heavy atom. The third-order valence-corrected chi connectivity index (χ3v) is 4.19. The highest BCUT2D eigenvalue weighted by atomic mass is 35.5. The lowest BCUT2D eigenvalue weighted by atomic mass is 9.95. The SMILES string of the molecule is CCCNC(C)c1ccccc1-c1cccc(Cl)c1Cl. The molecule has 0 saturated heterocycles. The summed E-state index contributed by atoms with van der Waals surface area (Å²) in [6.45, 7) is 5.34. The van der Waals surface area contributed by atoms with Gasteiger partial charge >= 0.3 is 0 Å². The van der Waals surface area contributed by atoms with E-state index in [1.807, 2.05) is 24.3 Å². The van der Waals surface area contributed by atoms with E-state index in [4.69, 9.17) is 23.2 Å². The standard InChI is InChI=1S/C17H19Cl2N/c1-3-11-20-12(2)13-7-4-5-8-14(13)15-9-6-10-16(18)17(15)19/h4-10,12,20H,3,11H2,1-2H3. The first kappa shape index (κ1) is 15.4. The van der Waals surface area contributed by atoms with Gasteiger partial charge in [-0.1, -0.05) is 66.5 Å². The molecule has 1 unspecified atom stereocenters. The van der Waals surface area contributed by atoms with E-state index in [0.717, 1.165) is 24.1 Å². The maximum absolute atomic E-state index is 6.36. The minimum atomic E-state index is 0.279. The van der Waals surface area contributed by atoms with Gasteiger partial charge in [-0.15, -0.1) is 0 Å². The Morgan fingerprint density at radius 1 is 1.00 bits per heavy atom. The Balaban J connectivity index is 2.44. The summed E-state index contributed by atoms with van der Waals surface area (Å²) in [5.74, 6) is 0. The minimum Gasteiger partial charge on any atom is -0.310 e. The van der Waals surface area contributed by atoms with Gasteiger partial charge in [0, 0.05) is 11.6 Å². The van der Waals surface area contributed by atoms with Crippen molar-refractivity contribution in [3.63, 3.8) is 0 Å². The first-order valence-electron chi connectivity index (χ1n) is 6.91. The van der Waals surface area contributed by atoms with Crippen LogP contribution >= 0.6 is 23.2 Å². The summed E-state index contributed by atoms with van der Waals surface area (Å²) in [5.41, 5.74) is 3.36. The van der Waals surface area contributed by atoms with Gasteiger partial charge in [0.05, 0.1) is 10.0 Å². The molecule has 0 saturated carbocycles. The summed E-state index contributed by atoms with van der Waals surface area (Å²) >= 11 is 12.5. The second-order valence-electron chi connectivity index (χ2n) is 4.86. The maximum atomic E-state index is 6.36. The fourth-order valence-corrected chi connectivity index (χ4v) is 2.70. The van der Waals surface area contributed by atoms with Crippen molar-refractivity contribution in [2.75, 3.05) is 6.54 Å². The average molecular weight is 308 g/mol. The van der Waals surface area contributed by atoms with Gasteiger partial charge in [0.15, 0.2) is 0 Å². The minimum absolute atomic E-state index is 0.279. The zero-order chi connectivity index (χ0) is 14.5. The van der Waals surface area contributed by atoms with Crippen LogP contribution in [0.15, 0.2) is 42.5 Å². The fourth-order valence-electron chi connectivity index (χ4n) is 2.30. The maximum Gasteiger partial charge on any atom is 0.0670 e. The molecule has 0 aromatic heterocycles. The van der Waals surface area contributed by atoms with E-state index in [9.17, 15) is 0 Å². The molecular weight excluding hydrogens is 289 g/mol. The van der Waals surface area contributed by atoms with Crippen molar-refractivity contribution < 1.29 is 0 Å². The molecule has 0 bridgehead atoms. The highest BCUT2D eigenvalue weighted by Crippen LogP contribution is 2.36. The van der Waals surface area contributed by atoms with Crippen LogP contribution in [0.1, 0.15) is 31.9 Å². The second kappa shape index (κ2) is 7.12. The van der Waals surface area contributed by atoms with Gasteiger partial charge in [0.2, 0.25) is 0 Å². The van der Waals surface area contributed by atoms with Crippen LogP contribution in [0.3, 0.4) is 0 Å². The predicted molar refractivity (Wildman–Crippen MR) is 88.6 cm³/mol. The van der Waals surface area contributed by atoms with E-state index in [1.165, 1.54) is 5.56 Å². The third kappa shape index (κ3) is 3.35. The Kier molecular flexibility index (Phi) is 5.47. The summed E-state index contributed by atoms with van der Waals surface area (Å²) < 4.78 is 0. The molecule has 0 aliphatic heterocycles. The summed E-state index contributed by atoms with van der Waals surface area (Å²) in [6.07, 6.45) is 1.12. The van der Waals surface area contributed by atoms with Gasteiger partial charge in [-0.2, -0.15) is 0 Å². The second-order valence-corrected chi connectivity index (χ2v) is 5.65. The molecule has 0 fully saturated rings. The van der Waals surface area contributed by atoms with Gasteiger partial charge in [-0.25, -0.2) is 0 Å². The number of hydrogen-bond donors (Lipinski definition) is 1. The fraction of sp³-hybridized carbons (Fsp3) is 0.294. The van der Waals surface area contributed by atoms with E-state index < -0.39 is 0 Å². The van der Waals surface area contributed by atoms with E-state index in [-0.39, 0.29) is 6.04 Å². The van der Waals surface area contributed by atoms with E-state index in [2.05, 4.69) is 37.4 Å². The van der Waals surface area contributed by atoms with Crippen molar-refractivity contribution in [2.45, 2.75) is 26.3 Å².